The van der Waals surface area contributed by atoms with Gasteiger partial charge in [0.25, 0.3) is 11.8 Å². The number of alkyl halides is 3. The van der Waals surface area contributed by atoms with Crippen molar-refractivity contribution in [1.82, 2.24) is 15.5 Å². The zero-order chi connectivity index (χ0) is 21.7. The molecule has 158 valence electrons. The first kappa shape index (κ1) is 21.3. The SMILES string of the molecule is Cc1noc(-c2ccc(C(=O)NCC(O)COc3cccc(C(F)(F)F)c3)cc2)n1. The number of rotatable bonds is 7. The van der Waals surface area contributed by atoms with E-state index >= 15 is 0 Å². The van der Waals surface area contributed by atoms with Crippen molar-refractivity contribution in [2.45, 2.75) is 19.2 Å². The second-order valence-corrected chi connectivity index (χ2v) is 6.42. The molecule has 0 aliphatic carbocycles. The van der Waals surface area contributed by atoms with Crippen LogP contribution in [0.4, 0.5) is 13.2 Å². The molecule has 2 N–H and O–H groups in total. The number of aromatic nitrogens is 2. The van der Waals surface area contributed by atoms with Crippen LogP contribution in [0.5, 0.6) is 5.75 Å². The Bertz CT molecular complexity index is 1000. The highest BCUT2D eigenvalue weighted by Gasteiger charge is 2.30. The van der Waals surface area contributed by atoms with Crippen molar-refractivity contribution in [1.29, 1.82) is 0 Å². The maximum absolute atomic E-state index is 12.7. The van der Waals surface area contributed by atoms with Crippen LogP contribution in [-0.2, 0) is 6.18 Å². The molecule has 3 aromatic rings. The fourth-order valence-corrected chi connectivity index (χ4v) is 2.50. The van der Waals surface area contributed by atoms with E-state index in [0.29, 0.717) is 22.8 Å². The summed E-state index contributed by atoms with van der Waals surface area (Å²) >= 11 is 0. The van der Waals surface area contributed by atoms with E-state index in [1.165, 1.54) is 12.1 Å². The normalized spacial score (nSPS) is 12.4. The maximum atomic E-state index is 12.7. The third-order valence-corrected chi connectivity index (χ3v) is 4.02. The minimum Gasteiger partial charge on any atom is -0.491 e. The predicted octanol–water partition coefficient (Wildman–Crippen LogP) is 3.23. The molecular formula is C20H18F3N3O4. The number of hydrogen-bond donors (Lipinski definition) is 2. The molecule has 0 radical (unpaired) electrons. The third-order valence-electron chi connectivity index (χ3n) is 4.02. The van der Waals surface area contributed by atoms with Gasteiger partial charge in [0.05, 0.1) is 5.56 Å². The summed E-state index contributed by atoms with van der Waals surface area (Å²) in [5, 5.41) is 16.2. The fourth-order valence-electron chi connectivity index (χ4n) is 2.50. The Hall–Kier alpha value is -3.40. The summed E-state index contributed by atoms with van der Waals surface area (Å²) < 4.78 is 48.3. The predicted molar refractivity (Wildman–Crippen MR) is 99.8 cm³/mol. The highest BCUT2D eigenvalue weighted by atomic mass is 19.4. The van der Waals surface area contributed by atoms with E-state index in [4.69, 9.17) is 9.26 Å². The molecule has 10 heteroatoms. The van der Waals surface area contributed by atoms with Crippen molar-refractivity contribution in [2.75, 3.05) is 13.2 Å². The lowest BCUT2D eigenvalue weighted by Gasteiger charge is -2.14. The summed E-state index contributed by atoms with van der Waals surface area (Å²) in [7, 11) is 0. The van der Waals surface area contributed by atoms with Crippen LogP contribution in [0.3, 0.4) is 0 Å². The molecule has 0 spiro atoms. The van der Waals surface area contributed by atoms with Gasteiger partial charge in [-0.1, -0.05) is 11.2 Å². The first-order valence-corrected chi connectivity index (χ1v) is 8.89. The Labute approximate surface area is 169 Å². The second-order valence-electron chi connectivity index (χ2n) is 6.42. The van der Waals surface area contributed by atoms with Crippen LogP contribution >= 0.6 is 0 Å². The first-order valence-electron chi connectivity index (χ1n) is 8.89. The van der Waals surface area contributed by atoms with Gasteiger partial charge in [0.15, 0.2) is 5.82 Å². The van der Waals surface area contributed by atoms with Gasteiger partial charge >= 0.3 is 6.18 Å². The molecule has 1 atom stereocenters. The summed E-state index contributed by atoms with van der Waals surface area (Å²) in [6.45, 7) is 1.27. The van der Waals surface area contributed by atoms with E-state index in [1.807, 2.05) is 0 Å². The molecule has 1 aromatic heterocycles. The van der Waals surface area contributed by atoms with Gasteiger partial charge in [-0.15, -0.1) is 0 Å². The van der Waals surface area contributed by atoms with Crippen LogP contribution in [0.15, 0.2) is 53.1 Å². The van der Waals surface area contributed by atoms with Crippen LogP contribution in [0.2, 0.25) is 0 Å². The molecule has 7 nitrogen and oxygen atoms in total. The third kappa shape index (κ3) is 5.57. The number of ether oxygens (including phenoxy) is 1. The number of aryl methyl sites for hydroxylation is 1. The molecule has 0 aliphatic heterocycles. The first-order chi connectivity index (χ1) is 14.2. The van der Waals surface area contributed by atoms with Gasteiger partial charge in [-0.3, -0.25) is 4.79 Å². The van der Waals surface area contributed by atoms with Gasteiger partial charge < -0.3 is 19.7 Å². The fraction of sp³-hybridized carbons (Fsp3) is 0.250. The molecule has 1 heterocycles. The number of aliphatic hydroxyl groups excluding tert-OH is 1. The number of amides is 1. The Balaban J connectivity index is 1.48. The molecule has 2 aromatic carbocycles. The van der Waals surface area contributed by atoms with Gasteiger partial charge in [0.2, 0.25) is 0 Å². The number of halogens is 3. The quantitative estimate of drug-likeness (QED) is 0.608. The van der Waals surface area contributed by atoms with E-state index in [2.05, 4.69) is 15.5 Å². The van der Waals surface area contributed by atoms with Crippen molar-refractivity contribution in [2.24, 2.45) is 0 Å². The Morgan fingerprint density at radius 2 is 1.97 bits per heavy atom. The lowest BCUT2D eigenvalue weighted by molar-refractivity contribution is -0.137. The standard InChI is InChI=1S/C20H18F3N3O4/c1-12-25-19(30-26-12)14-7-5-13(6-8-14)18(28)24-10-16(27)11-29-17-4-2-3-15(9-17)20(21,22)23/h2-9,16,27H,10-11H2,1H3,(H,24,28). The number of nitrogens with zero attached hydrogens (tertiary/aromatic N) is 2. The van der Waals surface area contributed by atoms with E-state index in [-0.39, 0.29) is 18.9 Å². The molecule has 0 fully saturated rings. The van der Waals surface area contributed by atoms with Crippen LogP contribution in [0.25, 0.3) is 11.5 Å². The average molecular weight is 421 g/mol. The monoisotopic (exact) mass is 421 g/mol. The highest BCUT2D eigenvalue weighted by Crippen LogP contribution is 2.31. The highest BCUT2D eigenvalue weighted by molar-refractivity contribution is 5.94. The van der Waals surface area contributed by atoms with Crippen molar-refractivity contribution in [3.63, 3.8) is 0 Å². The zero-order valence-electron chi connectivity index (χ0n) is 15.8. The van der Waals surface area contributed by atoms with Crippen molar-refractivity contribution >= 4 is 5.91 Å². The lowest BCUT2D eigenvalue weighted by atomic mass is 10.1. The molecule has 1 amide bonds. The van der Waals surface area contributed by atoms with Gasteiger partial charge in [-0.05, 0) is 49.4 Å². The molecule has 30 heavy (non-hydrogen) atoms. The Morgan fingerprint density at radius 3 is 2.60 bits per heavy atom. The van der Waals surface area contributed by atoms with E-state index in [1.54, 1.807) is 31.2 Å². The number of aliphatic hydroxyl groups is 1. The topological polar surface area (TPSA) is 97.5 Å². The largest absolute Gasteiger partial charge is 0.491 e. The Morgan fingerprint density at radius 1 is 1.23 bits per heavy atom. The number of carbonyl (C=O) groups is 1. The number of carbonyl (C=O) groups excluding carboxylic acids is 1. The smallest absolute Gasteiger partial charge is 0.416 e. The maximum Gasteiger partial charge on any atom is 0.416 e. The van der Waals surface area contributed by atoms with Crippen LogP contribution in [-0.4, -0.2) is 40.4 Å². The average Bonchev–Trinajstić information content (AvgIpc) is 3.16. The minimum atomic E-state index is -4.48. The molecule has 0 saturated carbocycles. The molecule has 0 bridgehead atoms. The molecule has 1 unspecified atom stereocenters. The van der Waals surface area contributed by atoms with Gasteiger partial charge in [-0.25, -0.2) is 0 Å². The van der Waals surface area contributed by atoms with Gasteiger partial charge in [0, 0.05) is 17.7 Å². The van der Waals surface area contributed by atoms with E-state index in [0.717, 1.165) is 12.1 Å². The lowest BCUT2D eigenvalue weighted by Crippen LogP contribution is -2.35. The van der Waals surface area contributed by atoms with Crippen molar-refractivity contribution < 1.29 is 32.3 Å². The van der Waals surface area contributed by atoms with Gasteiger partial charge in [0.1, 0.15) is 18.5 Å². The molecule has 3 rings (SSSR count). The zero-order valence-corrected chi connectivity index (χ0v) is 15.8. The van der Waals surface area contributed by atoms with Crippen LogP contribution in [0, 0.1) is 6.92 Å². The van der Waals surface area contributed by atoms with E-state index in [9.17, 15) is 23.1 Å². The molecule has 0 saturated heterocycles. The minimum absolute atomic E-state index is 0.0259. The summed E-state index contributed by atoms with van der Waals surface area (Å²) in [4.78, 5) is 16.3. The van der Waals surface area contributed by atoms with Crippen LogP contribution < -0.4 is 10.1 Å². The summed E-state index contributed by atoms with van der Waals surface area (Å²) in [5.41, 5.74) is 0.157. The number of hydrogen-bond acceptors (Lipinski definition) is 6. The number of benzene rings is 2. The van der Waals surface area contributed by atoms with Crippen LogP contribution in [0.1, 0.15) is 21.7 Å². The number of nitrogens with one attached hydrogen (secondary N) is 1. The van der Waals surface area contributed by atoms with E-state index < -0.39 is 23.8 Å². The Kier molecular flexibility index (Phi) is 6.36. The summed E-state index contributed by atoms with van der Waals surface area (Å²) in [6.07, 6.45) is -5.59. The van der Waals surface area contributed by atoms with Crippen molar-refractivity contribution in [3.8, 4) is 17.2 Å². The summed E-state index contributed by atoms with van der Waals surface area (Å²) in [5.74, 6) is 0.373. The molecule has 0 aliphatic rings. The van der Waals surface area contributed by atoms with Gasteiger partial charge in [-0.2, -0.15) is 18.2 Å². The van der Waals surface area contributed by atoms with Crippen molar-refractivity contribution in [3.05, 3.63) is 65.5 Å². The summed E-state index contributed by atoms with van der Waals surface area (Å²) in [6, 6.07) is 10.8. The second kappa shape index (κ2) is 8.95. The molecular weight excluding hydrogens is 403 g/mol.